The van der Waals surface area contributed by atoms with Gasteiger partial charge in [0.1, 0.15) is 17.4 Å². The zero-order valence-electron chi connectivity index (χ0n) is 11.9. The largest absolute Gasteiger partial charge is 0.497 e. The summed E-state index contributed by atoms with van der Waals surface area (Å²) >= 11 is 5.72. The molecule has 20 heavy (non-hydrogen) atoms. The molecule has 1 atom stereocenters. The summed E-state index contributed by atoms with van der Waals surface area (Å²) in [6, 6.07) is 5.70. The highest BCUT2D eigenvalue weighted by Gasteiger charge is 2.29. The number of nitrogens with zero attached hydrogens (tertiary/aromatic N) is 1. The van der Waals surface area contributed by atoms with Crippen LogP contribution in [0, 0.1) is 0 Å². The molecule has 0 aliphatic carbocycles. The van der Waals surface area contributed by atoms with Crippen molar-refractivity contribution >= 4 is 17.5 Å². The molecular formula is C15H20ClNO3. The molecule has 0 bridgehead atoms. The van der Waals surface area contributed by atoms with Crippen LogP contribution in [0.25, 0.3) is 0 Å². The van der Waals surface area contributed by atoms with Crippen molar-refractivity contribution in [2.75, 3.05) is 26.6 Å². The van der Waals surface area contributed by atoms with Crippen molar-refractivity contribution in [3.63, 3.8) is 0 Å². The molecule has 1 fully saturated rings. The topological polar surface area (TPSA) is 38.8 Å². The number of rotatable bonds is 4. The molecule has 4 nitrogen and oxygen atoms in total. The first kappa shape index (κ1) is 15.0. The first-order valence-electron chi connectivity index (χ1n) is 6.78. The number of benzene rings is 1. The van der Waals surface area contributed by atoms with Crippen LogP contribution in [-0.2, 0) is 4.79 Å². The molecule has 5 heteroatoms. The van der Waals surface area contributed by atoms with Gasteiger partial charge in [-0.05, 0) is 37.5 Å². The van der Waals surface area contributed by atoms with Crippen LogP contribution in [0.5, 0.6) is 11.5 Å². The summed E-state index contributed by atoms with van der Waals surface area (Å²) in [7, 11) is 3.27. The Morgan fingerprint density at radius 3 is 2.80 bits per heavy atom. The minimum atomic E-state index is -0.0266. The molecule has 1 aliphatic rings. The number of likely N-dealkylation sites (tertiary alicyclic amines) is 1. The van der Waals surface area contributed by atoms with Crippen LogP contribution in [0.2, 0.25) is 0 Å². The fourth-order valence-electron chi connectivity index (χ4n) is 2.73. The lowest BCUT2D eigenvalue weighted by atomic mass is 9.94. The molecule has 0 aromatic heterocycles. The van der Waals surface area contributed by atoms with E-state index in [1.54, 1.807) is 14.2 Å². The van der Waals surface area contributed by atoms with Crippen LogP contribution in [0.15, 0.2) is 18.2 Å². The van der Waals surface area contributed by atoms with E-state index < -0.39 is 0 Å². The van der Waals surface area contributed by atoms with Crippen molar-refractivity contribution in [3.8, 4) is 11.5 Å². The van der Waals surface area contributed by atoms with Gasteiger partial charge in [-0.2, -0.15) is 0 Å². The van der Waals surface area contributed by atoms with Crippen LogP contribution < -0.4 is 9.47 Å². The van der Waals surface area contributed by atoms with E-state index in [0.29, 0.717) is 0 Å². The first-order chi connectivity index (χ1) is 9.71. The quantitative estimate of drug-likeness (QED) is 0.802. The zero-order valence-corrected chi connectivity index (χ0v) is 12.7. The van der Waals surface area contributed by atoms with E-state index >= 15 is 0 Å². The molecule has 0 radical (unpaired) electrons. The molecule has 1 heterocycles. The Kier molecular flexibility index (Phi) is 5.12. The Bertz CT molecular complexity index is 478. The predicted molar refractivity (Wildman–Crippen MR) is 78.6 cm³/mol. The second-order valence-corrected chi connectivity index (χ2v) is 5.11. The van der Waals surface area contributed by atoms with Gasteiger partial charge >= 0.3 is 0 Å². The second-order valence-electron chi connectivity index (χ2n) is 4.84. The van der Waals surface area contributed by atoms with Crippen molar-refractivity contribution in [3.05, 3.63) is 23.8 Å². The maximum absolute atomic E-state index is 12.0. The van der Waals surface area contributed by atoms with Gasteiger partial charge in [-0.1, -0.05) is 0 Å². The SMILES string of the molecule is COc1ccc(OC)c(C2CCCCN2C(=O)CCl)c1. The molecule has 110 valence electrons. The molecule has 1 amide bonds. The van der Waals surface area contributed by atoms with E-state index in [2.05, 4.69) is 0 Å². The van der Waals surface area contributed by atoms with Crippen LogP contribution in [0.3, 0.4) is 0 Å². The normalized spacial score (nSPS) is 18.8. The molecule has 0 N–H and O–H groups in total. The highest BCUT2D eigenvalue weighted by molar-refractivity contribution is 6.27. The highest BCUT2D eigenvalue weighted by Crippen LogP contribution is 2.38. The lowest BCUT2D eigenvalue weighted by Gasteiger charge is -2.36. The maximum atomic E-state index is 12.0. The number of piperidine rings is 1. The van der Waals surface area contributed by atoms with Crippen molar-refractivity contribution < 1.29 is 14.3 Å². The van der Waals surface area contributed by atoms with Gasteiger partial charge < -0.3 is 14.4 Å². The van der Waals surface area contributed by atoms with Gasteiger partial charge in [0.05, 0.1) is 20.3 Å². The third-order valence-corrected chi connectivity index (χ3v) is 3.96. The number of methoxy groups -OCH3 is 2. The van der Waals surface area contributed by atoms with E-state index in [-0.39, 0.29) is 17.8 Å². The minimum absolute atomic E-state index is 0.0139. The van der Waals surface area contributed by atoms with Gasteiger partial charge in [0.25, 0.3) is 0 Å². The third kappa shape index (κ3) is 3.01. The Morgan fingerprint density at radius 2 is 2.15 bits per heavy atom. The van der Waals surface area contributed by atoms with Crippen molar-refractivity contribution in [2.24, 2.45) is 0 Å². The Labute approximate surface area is 124 Å². The summed E-state index contributed by atoms with van der Waals surface area (Å²) in [5.41, 5.74) is 0.991. The summed E-state index contributed by atoms with van der Waals surface area (Å²) in [5, 5.41) is 0. The number of ether oxygens (including phenoxy) is 2. The molecule has 1 aliphatic heterocycles. The van der Waals surface area contributed by atoms with Crippen LogP contribution in [0.1, 0.15) is 30.9 Å². The average Bonchev–Trinajstić information content (AvgIpc) is 2.53. The Hall–Kier alpha value is -1.42. The third-order valence-electron chi connectivity index (χ3n) is 3.73. The van der Waals surface area contributed by atoms with E-state index in [9.17, 15) is 4.79 Å². The molecular weight excluding hydrogens is 278 g/mol. The van der Waals surface area contributed by atoms with Gasteiger partial charge in [0, 0.05) is 12.1 Å². The monoisotopic (exact) mass is 297 g/mol. The summed E-state index contributed by atoms with van der Waals surface area (Å²) in [6.07, 6.45) is 3.04. The number of carbonyl (C=O) groups is 1. The van der Waals surface area contributed by atoms with Crippen LogP contribution >= 0.6 is 11.6 Å². The number of hydrogen-bond donors (Lipinski definition) is 0. The molecule has 1 unspecified atom stereocenters. The summed E-state index contributed by atoms with van der Waals surface area (Å²) in [4.78, 5) is 13.9. The van der Waals surface area contributed by atoms with Crippen molar-refractivity contribution in [1.29, 1.82) is 0 Å². The van der Waals surface area contributed by atoms with Crippen LogP contribution in [-0.4, -0.2) is 37.5 Å². The smallest absolute Gasteiger partial charge is 0.238 e. The van der Waals surface area contributed by atoms with E-state index in [1.807, 2.05) is 23.1 Å². The summed E-state index contributed by atoms with van der Waals surface area (Å²) < 4.78 is 10.7. The fraction of sp³-hybridized carbons (Fsp3) is 0.533. The summed E-state index contributed by atoms with van der Waals surface area (Å²) in [6.45, 7) is 0.747. The molecule has 2 rings (SSSR count). The molecule has 1 saturated heterocycles. The van der Waals surface area contributed by atoms with Crippen molar-refractivity contribution in [1.82, 2.24) is 4.90 Å². The van der Waals surface area contributed by atoms with Gasteiger partial charge in [-0.15, -0.1) is 11.6 Å². The lowest BCUT2D eigenvalue weighted by Crippen LogP contribution is -2.39. The average molecular weight is 298 g/mol. The van der Waals surface area contributed by atoms with Gasteiger partial charge in [-0.3, -0.25) is 4.79 Å². The molecule has 1 aromatic rings. The number of halogens is 1. The highest BCUT2D eigenvalue weighted by atomic mass is 35.5. The van der Waals surface area contributed by atoms with Gasteiger partial charge in [0.2, 0.25) is 5.91 Å². The van der Waals surface area contributed by atoms with E-state index in [0.717, 1.165) is 42.9 Å². The first-order valence-corrected chi connectivity index (χ1v) is 7.32. The number of alkyl halides is 1. The fourth-order valence-corrected chi connectivity index (χ4v) is 2.88. The summed E-state index contributed by atoms with van der Waals surface area (Å²) in [5.74, 6) is 1.54. The Balaban J connectivity index is 2.37. The minimum Gasteiger partial charge on any atom is -0.497 e. The van der Waals surface area contributed by atoms with Gasteiger partial charge in [0.15, 0.2) is 0 Å². The maximum Gasteiger partial charge on any atom is 0.238 e. The second kappa shape index (κ2) is 6.84. The zero-order chi connectivity index (χ0) is 14.5. The van der Waals surface area contributed by atoms with Crippen molar-refractivity contribution in [2.45, 2.75) is 25.3 Å². The lowest BCUT2D eigenvalue weighted by molar-refractivity contribution is -0.132. The number of hydrogen-bond acceptors (Lipinski definition) is 3. The molecule has 0 spiro atoms. The number of carbonyl (C=O) groups excluding carboxylic acids is 1. The van der Waals surface area contributed by atoms with Crippen LogP contribution in [0.4, 0.5) is 0 Å². The van der Waals surface area contributed by atoms with Gasteiger partial charge in [-0.25, -0.2) is 0 Å². The molecule has 0 saturated carbocycles. The molecule has 1 aromatic carbocycles. The predicted octanol–water partition coefficient (Wildman–Crippen LogP) is 3.00. The Morgan fingerprint density at radius 1 is 1.35 bits per heavy atom. The number of amides is 1. The van der Waals surface area contributed by atoms with E-state index in [1.165, 1.54) is 0 Å². The van der Waals surface area contributed by atoms with E-state index in [4.69, 9.17) is 21.1 Å². The standard InChI is InChI=1S/C15H20ClNO3/c1-19-11-6-7-14(20-2)12(9-11)13-5-3-4-8-17(13)15(18)10-16/h6-7,9,13H,3-5,8,10H2,1-2H3.